The number of thiol groups is 1. The molecule has 0 amide bonds. The number of nitro benzene ring substituents is 1. The Labute approximate surface area is 83.5 Å². The fourth-order valence-corrected chi connectivity index (χ4v) is 1.64. The molecule has 0 bridgehead atoms. The van der Waals surface area contributed by atoms with E-state index in [1.807, 2.05) is 0 Å². The standard InChI is InChI=1S/C7H6BrNO2S/c1-4-6(12)3-2-5(8)7(4)9(10)11/h2-3,12H,1H3. The summed E-state index contributed by atoms with van der Waals surface area (Å²) in [4.78, 5) is 10.7. The maximum absolute atomic E-state index is 10.5. The molecule has 0 fully saturated rings. The lowest BCUT2D eigenvalue weighted by Gasteiger charge is -2.01. The van der Waals surface area contributed by atoms with E-state index in [0.717, 1.165) is 0 Å². The monoisotopic (exact) mass is 247 g/mol. The average Bonchev–Trinajstić information content (AvgIpc) is 1.97. The Kier molecular flexibility index (Phi) is 2.74. The van der Waals surface area contributed by atoms with Crippen LogP contribution >= 0.6 is 28.6 Å². The Bertz CT molecular complexity index is 340. The molecule has 5 heteroatoms. The SMILES string of the molecule is Cc1c(S)ccc(Br)c1[N+](=O)[O-]. The molecule has 1 aromatic rings. The topological polar surface area (TPSA) is 43.1 Å². The fourth-order valence-electron chi connectivity index (χ4n) is 0.881. The summed E-state index contributed by atoms with van der Waals surface area (Å²) in [5.41, 5.74) is 0.667. The predicted octanol–water partition coefficient (Wildman–Crippen LogP) is 2.95. The molecule has 3 nitrogen and oxygen atoms in total. The lowest BCUT2D eigenvalue weighted by molar-refractivity contribution is -0.386. The number of halogens is 1. The molecule has 64 valence electrons. The molecule has 0 saturated carbocycles. The van der Waals surface area contributed by atoms with Gasteiger partial charge in [0.15, 0.2) is 0 Å². The van der Waals surface area contributed by atoms with Crippen LogP contribution in [0.1, 0.15) is 5.56 Å². The number of hydrogen-bond acceptors (Lipinski definition) is 3. The predicted molar refractivity (Wildman–Crippen MR) is 52.8 cm³/mol. The highest BCUT2D eigenvalue weighted by Gasteiger charge is 2.16. The minimum Gasteiger partial charge on any atom is -0.258 e. The van der Waals surface area contributed by atoms with Crippen molar-refractivity contribution in [1.29, 1.82) is 0 Å². The van der Waals surface area contributed by atoms with Gasteiger partial charge in [-0.25, -0.2) is 0 Å². The van der Waals surface area contributed by atoms with Crippen LogP contribution in [0.4, 0.5) is 5.69 Å². The Hall–Kier alpha value is -0.550. The Morgan fingerprint density at radius 2 is 2.17 bits per heavy atom. The van der Waals surface area contributed by atoms with Crippen molar-refractivity contribution in [2.75, 3.05) is 0 Å². The van der Waals surface area contributed by atoms with Crippen molar-refractivity contribution in [2.45, 2.75) is 11.8 Å². The summed E-state index contributed by atoms with van der Waals surface area (Å²) in [6, 6.07) is 3.34. The number of rotatable bonds is 1. The molecule has 0 atom stereocenters. The summed E-state index contributed by atoms with van der Waals surface area (Å²) < 4.78 is 0.489. The number of nitro groups is 1. The highest BCUT2D eigenvalue weighted by Crippen LogP contribution is 2.31. The average molecular weight is 248 g/mol. The second-order valence-electron chi connectivity index (χ2n) is 2.30. The van der Waals surface area contributed by atoms with Gasteiger partial charge in [0.05, 0.1) is 9.40 Å². The van der Waals surface area contributed by atoms with E-state index in [4.69, 9.17) is 0 Å². The molecular formula is C7H6BrNO2S. The fraction of sp³-hybridized carbons (Fsp3) is 0.143. The summed E-state index contributed by atoms with van der Waals surface area (Å²) in [7, 11) is 0. The third kappa shape index (κ3) is 1.61. The number of nitrogens with zero attached hydrogens (tertiary/aromatic N) is 1. The van der Waals surface area contributed by atoms with Crippen molar-refractivity contribution in [3.05, 3.63) is 32.3 Å². The van der Waals surface area contributed by atoms with Crippen LogP contribution in [0, 0.1) is 17.0 Å². The molecule has 1 aromatic carbocycles. The van der Waals surface area contributed by atoms with E-state index in [1.54, 1.807) is 19.1 Å². The first-order valence-corrected chi connectivity index (χ1v) is 4.40. The highest BCUT2D eigenvalue weighted by atomic mass is 79.9. The minimum atomic E-state index is -0.418. The van der Waals surface area contributed by atoms with E-state index in [2.05, 4.69) is 28.6 Å². The summed E-state index contributed by atoms with van der Waals surface area (Å²) >= 11 is 7.19. The van der Waals surface area contributed by atoms with Crippen LogP contribution in [0.15, 0.2) is 21.5 Å². The third-order valence-corrected chi connectivity index (χ3v) is 2.66. The van der Waals surface area contributed by atoms with Crippen LogP contribution in [0.5, 0.6) is 0 Å². The first-order valence-electron chi connectivity index (χ1n) is 3.16. The Morgan fingerprint density at radius 1 is 1.58 bits per heavy atom. The molecule has 0 aliphatic rings. The van der Waals surface area contributed by atoms with Crippen molar-refractivity contribution in [3.63, 3.8) is 0 Å². The summed E-state index contributed by atoms with van der Waals surface area (Å²) in [6.07, 6.45) is 0. The van der Waals surface area contributed by atoms with Crippen LogP contribution < -0.4 is 0 Å². The third-order valence-electron chi connectivity index (χ3n) is 1.54. The molecule has 0 saturated heterocycles. The largest absolute Gasteiger partial charge is 0.287 e. The molecule has 1 rings (SSSR count). The van der Waals surface area contributed by atoms with Gasteiger partial charge in [-0.3, -0.25) is 10.1 Å². The Morgan fingerprint density at radius 3 is 2.58 bits per heavy atom. The number of benzene rings is 1. The second kappa shape index (κ2) is 3.45. The van der Waals surface area contributed by atoms with Crippen molar-refractivity contribution in [2.24, 2.45) is 0 Å². The smallest absolute Gasteiger partial charge is 0.258 e. The van der Waals surface area contributed by atoms with Gasteiger partial charge in [0, 0.05) is 10.5 Å². The van der Waals surface area contributed by atoms with Crippen molar-refractivity contribution >= 4 is 34.2 Å². The maximum Gasteiger partial charge on any atom is 0.287 e. The Balaban J connectivity index is 3.43. The van der Waals surface area contributed by atoms with Gasteiger partial charge in [-0.2, -0.15) is 0 Å². The lowest BCUT2D eigenvalue weighted by Crippen LogP contribution is -1.93. The van der Waals surface area contributed by atoms with E-state index < -0.39 is 4.92 Å². The van der Waals surface area contributed by atoms with Gasteiger partial charge in [-0.05, 0) is 35.0 Å². The van der Waals surface area contributed by atoms with Gasteiger partial charge in [-0.1, -0.05) is 0 Å². The van der Waals surface area contributed by atoms with Crippen molar-refractivity contribution in [1.82, 2.24) is 0 Å². The second-order valence-corrected chi connectivity index (χ2v) is 3.63. The molecule has 0 aliphatic carbocycles. The van der Waals surface area contributed by atoms with Crippen molar-refractivity contribution in [3.8, 4) is 0 Å². The molecule has 0 aliphatic heterocycles. The van der Waals surface area contributed by atoms with E-state index in [-0.39, 0.29) is 5.69 Å². The molecule has 12 heavy (non-hydrogen) atoms. The first kappa shape index (κ1) is 9.54. The van der Waals surface area contributed by atoms with Crippen LogP contribution in [-0.2, 0) is 0 Å². The molecule has 0 heterocycles. The molecular weight excluding hydrogens is 242 g/mol. The van der Waals surface area contributed by atoms with E-state index in [1.165, 1.54) is 0 Å². The minimum absolute atomic E-state index is 0.0856. The van der Waals surface area contributed by atoms with Gasteiger partial charge < -0.3 is 0 Å². The zero-order chi connectivity index (χ0) is 9.30. The van der Waals surface area contributed by atoms with Gasteiger partial charge in [0.1, 0.15) is 0 Å². The zero-order valence-electron chi connectivity index (χ0n) is 6.24. The summed E-state index contributed by atoms with van der Waals surface area (Å²) in [5, 5.41) is 10.5. The van der Waals surface area contributed by atoms with Gasteiger partial charge in [0.25, 0.3) is 5.69 Å². The first-order chi connectivity index (χ1) is 5.54. The van der Waals surface area contributed by atoms with Crippen LogP contribution in [0.3, 0.4) is 0 Å². The normalized spacial score (nSPS) is 9.92. The van der Waals surface area contributed by atoms with Crippen LogP contribution in [-0.4, -0.2) is 4.92 Å². The summed E-state index contributed by atoms with van der Waals surface area (Å²) in [6.45, 7) is 1.67. The van der Waals surface area contributed by atoms with Gasteiger partial charge in [-0.15, -0.1) is 12.6 Å². The van der Waals surface area contributed by atoms with Crippen LogP contribution in [0.2, 0.25) is 0 Å². The molecule has 0 aromatic heterocycles. The zero-order valence-corrected chi connectivity index (χ0v) is 8.72. The van der Waals surface area contributed by atoms with E-state index in [9.17, 15) is 10.1 Å². The van der Waals surface area contributed by atoms with Crippen molar-refractivity contribution < 1.29 is 4.92 Å². The van der Waals surface area contributed by atoms with E-state index >= 15 is 0 Å². The van der Waals surface area contributed by atoms with E-state index in [0.29, 0.717) is 14.9 Å². The molecule has 0 N–H and O–H groups in total. The highest BCUT2D eigenvalue weighted by molar-refractivity contribution is 9.10. The summed E-state index contributed by atoms with van der Waals surface area (Å²) in [5.74, 6) is 0. The maximum atomic E-state index is 10.5. The molecule has 0 radical (unpaired) electrons. The number of hydrogen-bond donors (Lipinski definition) is 1. The quantitative estimate of drug-likeness (QED) is 0.471. The van der Waals surface area contributed by atoms with Gasteiger partial charge in [0.2, 0.25) is 0 Å². The van der Waals surface area contributed by atoms with Gasteiger partial charge >= 0.3 is 0 Å². The van der Waals surface area contributed by atoms with Crippen LogP contribution in [0.25, 0.3) is 0 Å². The molecule has 0 unspecified atom stereocenters. The molecule has 0 spiro atoms. The lowest BCUT2D eigenvalue weighted by atomic mass is 10.2.